The van der Waals surface area contributed by atoms with Gasteiger partial charge in [0.1, 0.15) is 5.00 Å². The lowest BCUT2D eigenvalue weighted by molar-refractivity contribution is -0.113. The van der Waals surface area contributed by atoms with E-state index in [9.17, 15) is 9.59 Å². The van der Waals surface area contributed by atoms with Crippen molar-refractivity contribution < 1.29 is 9.59 Å². The van der Waals surface area contributed by atoms with Crippen LogP contribution in [0.25, 0.3) is 0 Å². The van der Waals surface area contributed by atoms with Crippen LogP contribution in [-0.4, -0.2) is 29.4 Å². The van der Waals surface area contributed by atoms with Gasteiger partial charge in [-0.25, -0.2) is 0 Å². The third-order valence-electron chi connectivity index (χ3n) is 2.27. The maximum Gasteiger partial charge on any atom is 0.251 e. The molecule has 1 aromatic heterocycles. The Hall–Kier alpha value is -1.05. The van der Waals surface area contributed by atoms with Gasteiger partial charge in [-0.05, 0) is 17.9 Å². The minimum atomic E-state index is -0.535. The van der Waals surface area contributed by atoms with Crippen molar-refractivity contribution in [2.45, 2.75) is 19.4 Å². The van der Waals surface area contributed by atoms with Gasteiger partial charge in [0, 0.05) is 11.8 Å². The van der Waals surface area contributed by atoms with Gasteiger partial charge in [-0.3, -0.25) is 9.59 Å². The van der Waals surface area contributed by atoms with Gasteiger partial charge in [0.25, 0.3) is 5.91 Å². The molecule has 1 unspecified atom stereocenters. The second-order valence-electron chi connectivity index (χ2n) is 3.76. The fourth-order valence-corrected chi connectivity index (χ4v) is 2.91. The summed E-state index contributed by atoms with van der Waals surface area (Å²) in [4.78, 5) is 22.7. The van der Waals surface area contributed by atoms with Crippen LogP contribution in [0.4, 0.5) is 5.00 Å². The predicted octanol–water partition coefficient (Wildman–Crippen LogP) is 1.26. The molecule has 1 rings (SSSR count). The van der Waals surface area contributed by atoms with Gasteiger partial charge in [0.05, 0.1) is 11.3 Å². The summed E-state index contributed by atoms with van der Waals surface area (Å²) in [5.41, 5.74) is 11.3. The van der Waals surface area contributed by atoms with Crippen molar-refractivity contribution in [2.75, 3.05) is 16.8 Å². The average molecular weight is 287 g/mol. The van der Waals surface area contributed by atoms with Crippen LogP contribution < -0.4 is 16.8 Å². The summed E-state index contributed by atoms with van der Waals surface area (Å²) >= 11 is 2.77. The van der Waals surface area contributed by atoms with E-state index < -0.39 is 5.91 Å². The van der Waals surface area contributed by atoms with Crippen LogP contribution >= 0.6 is 23.1 Å². The zero-order valence-electron chi connectivity index (χ0n) is 10.1. The van der Waals surface area contributed by atoms with E-state index in [-0.39, 0.29) is 11.9 Å². The third kappa shape index (κ3) is 4.67. The van der Waals surface area contributed by atoms with Crippen LogP contribution in [0.5, 0.6) is 0 Å². The molecule has 0 bridgehead atoms. The maximum atomic E-state index is 11.6. The molecule has 1 aromatic rings. The molecule has 0 radical (unpaired) electrons. The molecule has 2 amide bonds. The van der Waals surface area contributed by atoms with Gasteiger partial charge >= 0.3 is 0 Å². The van der Waals surface area contributed by atoms with Crippen molar-refractivity contribution in [1.29, 1.82) is 0 Å². The molecule has 5 nitrogen and oxygen atoms in total. The fourth-order valence-electron chi connectivity index (χ4n) is 1.18. The number of hydrogen-bond acceptors (Lipinski definition) is 5. The Kier molecular flexibility index (Phi) is 6.17. The summed E-state index contributed by atoms with van der Waals surface area (Å²) in [7, 11) is 0. The van der Waals surface area contributed by atoms with Gasteiger partial charge in [-0.2, -0.15) is 11.8 Å². The average Bonchev–Trinajstić information content (AvgIpc) is 2.76. The van der Waals surface area contributed by atoms with Crippen LogP contribution in [0, 0.1) is 0 Å². The number of hydrogen-bond donors (Lipinski definition) is 3. The van der Waals surface area contributed by atoms with Crippen molar-refractivity contribution in [3.63, 3.8) is 0 Å². The molecule has 0 saturated heterocycles. The summed E-state index contributed by atoms with van der Waals surface area (Å²) in [5.74, 6) is 0.390. The molecule has 1 heterocycles. The lowest BCUT2D eigenvalue weighted by Crippen LogP contribution is -2.23. The monoisotopic (exact) mass is 287 g/mol. The highest BCUT2D eigenvalue weighted by atomic mass is 32.2. The van der Waals surface area contributed by atoms with Crippen LogP contribution in [-0.2, 0) is 4.79 Å². The van der Waals surface area contributed by atoms with Crippen LogP contribution in [0.2, 0.25) is 0 Å². The number of rotatable bonds is 7. The Labute approximate surface area is 114 Å². The number of thioether (sulfide) groups is 1. The van der Waals surface area contributed by atoms with E-state index >= 15 is 0 Å². The maximum absolute atomic E-state index is 11.6. The predicted molar refractivity (Wildman–Crippen MR) is 77.1 cm³/mol. The number of thiophene rings is 1. The fraction of sp³-hybridized carbons (Fsp3) is 0.455. The van der Waals surface area contributed by atoms with Gasteiger partial charge in [0.15, 0.2) is 0 Å². The summed E-state index contributed by atoms with van der Waals surface area (Å²) in [6.07, 6.45) is 0.894. The normalized spacial score (nSPS) is 12.1. The van der Waals surface area contributed by atoms with Gasteiger partial charge in [-0.1, -0.05) is 6.92 Å². The van der Waals surface area contributed by atoms with Gasteiger partial charge in [0.2, 0.25) is 5.91 Å². The van der Waals surface area contributed by atoms with Crippen LogP contribution in [0.15, 0.2) is 11.4 Å². The quantitative estimate of drug-likeness (QED) is 0.703. The molecule has 100 valence electrons. The number of primary amides is 1. The molecule has 0 fully saturated rings. The minimum absolute atomic E-state index is 0.116. The molecule has 18 heavy (non-hydrogen) atoms. The zero-order valence-corrected chi connectivity index (χ0v) is 11.8. The molecule has 1 atom stereocenters. The Balaban J connectivity index is 2.40. The first-order valence-corrected chi connectivity index (χ1v) is 7.58. The zero-order chi connectivity index (χ0) is 13.5. The number of nitrogens with two attached hydrogens (primary N) is 2. The van der Waals surface area contributed by atoms with E-state index in [4.69, 9.17) is 11.5 Å². The van der Waals surface area contributed by atoms with Crippen molar-refractivity contribution in [2.24, 2.45) is 11.5 Å². The topological polar surface area (TPSA) is 98.2 Å². The van der Waals surface area contributed by atoms with Crippen molar-refractivity contribution in [3.05, 3.63) is 17.0 Å². The molecule has 0 saturated carbocycles. The first-order valence-electron chi connectivity index (χ1n) is 5.55. The first-order chi connectivity index (χ1) is 8.54. The molecule has 7 heteroatoms. The largest absolute Gasteiger partial charge is 0.366 e. The highest BCUT2D eigenvalue weighted by Crippen LogP contribution is 2.22. The Bertz CT molecular complexity index is 420. The summed E-state index contributed by atoms with van der Waals surface area (Å²) in [5, 5.41) is 4.91. The van der Waals surface area contributed by atoms with E-state index in [1.165, 1.54) is 23.1 Å². The van der Waals surface area contributed by atoms with Crippen molar-refractivity contribution >= 4 is 39.9 Å². The van der Waals surface area contributed by atoms with E-state index in [0.29, 0.717) is 16.3 Å². The van der Waals surface area contributed by atoms with E-state index in [0.717, 1.165) is 12.2 Å². The molecular formula is C11H17N3O2S2. The Morgan fingerprint density at radius 1 is 1.56 bits per heavy atom. The number of carbonyl (C=O) groups is 2. The highest BCUT2D eigenvalue weighted by molar-refractivity contribution is 8.00. The summed E-state index contributed by atoms with van der Waals surface area (Å²) in [6.45, 7) is 2.01. The SMILES string of the molecule is CCC(N)CSCC(=O)Nc1sccc1C(N)=O. The van der Waals surface area contributed by atoms with E-state index in [2.05, 4.69) is 5.32 Å². The molecule has 0 spiro atoms. The number of anilines is 1. The van der Waals surface area contributed by atoms with Gasteiger partial charge < -0.3 is 16.8 Å². The minimum Gasteiger partial charge on any atom is -0.366 e. The third-order valence-corrected chi connectivity index (χ3v) is 4.23. The van der Waals surface area contributed by atoms with Crippen LogP contribution in [0.1, 0.15) is 23.7 Å². The smallest absolute Gasteiger partial charge is 0.251 e. The highest BCUT2D eigenvalue weighted by Gasteiger charge is 2.12. The van der Waals surface area contributed by atoms with Crippen molar-refractivity contribution in [1.82, 2.24) is 0 Å². The Morgan fingerprint density at radius 3 is 2.89 bits per heavy atom. The number of amides is 2. The van der Waals surface area contributed by atoms with Crippen molar-refractivity contribution in [3.8, 4) is 0 Å². The number of carbonyl (C=O) groups excluding carboxylic acids is 2. The second-order valence-corrected chi connectivity index (χ2v) is 5.71. The molecule has 0 aliphatic heterocycles. The first kappa shape index (κ1) is 15.0. The van der Waals surface area contributed by atoms with Crippen LogP contribution in [0.3, 0.4) is 0 Å². The summed E-state index contributed by atoms with van der Waals surface area (Å²) in [6, 6.07) is 1.72. The lowest BCUT2D eigenvalue weighted by atomic mass is 10.3. The summed E-state index contributed by atoms with van der Waals surface area (Å²) < 4.78 is 0. The Morgan fingerprint density at radius 2 is 2.28 bits per heavy atom. The number of nitrogens with one attached hydrogen (secondary N) is 1. The van der Waals surface area contributed by atoms with E-state index in [1.807, 2.05) is 6.92 Å². The molecule has 0 aromatic carbocycles. The molecule has 5 N–H and O–H groups in total. The molecular weight excluding hydrogens is 270 g/mol. The molecule has 0 aliphatic rings. The van der Waals surface area contributed by atoms with E-state index in [1.54, 1.807) is 11.4 Å². The standard InChI is InChI=1S/C11H17N3O2S2/c1-2-7(12)5-17-6-9(15)14-11-8(10(13)16)3-4-18-11/h3-4,7H,2,5-6,12H2,1H3,(H2,13,16)(H,14,15). The van der Waals surface area contributed by atoms with Gasteiger partial charge in [-0.15, -0.1) is 11.3 Å². The molecule has 0 aliphatic carbocycles. The second kappa shape index (κ2) is 7.40. The lowest BCUT2D eigenvalue weighted by Gasteiger charge is -2.08.